The van der Waals surface area contributed by atoms with E-state index in [1.165, 1.54) is 32.0 Å². The topological polar surface area (TPSA) is 151 Å². The van der Waals surface area contributed by atoms with E-state index in [1.54, 1.807) is 49.6 Å². The Bertz CT molecular complexity index is 2350. The van der Waals surface area contributed by atoms with Gasteiger partial charge in [0, 0.05) is 48.1 Å². The highest BCUT2D eigenvalue weighted by molar-refractivity contribution is 7.90. The molecule has 0 bridgehead atoms. The van der Waals surface area contributed by atoms with Crippen LogP contribution in [0.3, 0.4) is 0 Å². The van der Waals surface area contributed by atoms with Crippen molar-refractivity contribution in [3.63, 3.8) is 0 Å². The van der Waals surface area contributed by atoms with Gasteiger partial charge in [-0.25, -0.2) is 22.8 Å². The van der Waals surface area contributed by atoms with Crippen LogP contribution >= 0.6 is 0 Å². The quantitative estimate of drug-likeness (QED) is 0.129. The van der Waals surface area contributed by atoms with Crippen molar-refractivity contribution in [3.05, 3.63) is 89.1 Å². The summed E-state index contributed by atoms with van der Waals surface area (Å²) in [5.41, 5.74) is 6.95. The van der Waals surface area contributed by atoms with Gasteiger partial charge in [-0.3, -0.25) is 14.6 Å². The minimum Gasteiger partial charge on any atom is -0.497 e. The number of nitrogens with zero attached hydrogens (tertiary/aromatic N) is 6. The molecule has 1 fully saturated rings. The fraction of sp³-hybridized carbons (Fsp3) is 0.419. The molecular formula is C43H53N7O6S. The molecule has 1 amide bonds. The third-order valence-corrected chi connectivity index (χ3v) is 12.6. The second-order valence-corrected chi connectivity index (χ2v) is 17.2. The number of carbonyl (C=O) groups is 2. The van der Waals surface area contributed by atoms with Gasteiger partial charge in [-0.05, 0) is 106 Å². The molecule has 1 aliphatic carbocycles. The Balaban J connectivity index is 0.000000546. The van der Waals surface area contributed by atoms with Gasteiger partial charge in [-0.15, -0.1) is 0 Å². The van der Waals surface area contributed by atoms with E-state index in [2.05, 4.69) is 62.3 Å². The van der Waals surface area contributed by atoms with Crippen LogP contribution in [0.4, 0.5) is 0 Å². The Morgan fingerprint density at radius 2 is 1.81 bits per heavy atom. The molecule has 2 aliphatic rings. The Hall–Kier alpha value is -5.18. The number of allylic oxidation sites excluding steroid dienone is 1. The molecule has 0 saturated heterocycles. The van der Waals surface area contributed by atoms with Crippen LogP contribution < -0.4 is 9.46 Å². The van der Waals surface area contributed by atoms with Gasteiger partial charge in [0.1, 0.15) is 5.75 Å². The van der Waals surface area contributed by atoms with E-state index in [9.17, 15) is 18.0 Å². The summed E-state index contributed by atoms with van der Waals surface area (Å²) in [7, 11) is 1.63. The molecule has 13 nitrogen and oxygen atoms in total. The summed E-state index contributed by atoms with van der Waals surface area (Å²) < 4.78 is 42.1. The van der Waals surface area contributed by atoms with Crippen LogP contribution in [0.5, 0.6) is 5.75 Å². The van der Waals surface area contributed by atoms with E-state index in [0.29, 0.717) is 41.4 Å². The molecule has 2 aromatic carbocycles. The van der Waals surface area contributed by atoms with Crippen molar-refractivity contribution in [1.82, 2.24) is 33.9 Å². The predicted molar refractivity (Wildman–Crippen MR) is 223 cm³/mol. The number of sulfonamides is 1. The number of aldehydes is 1. The molecule has 1 saturated carbocycles. The fourth-order valence-electron chi connectivity index (χ4n) is 7.62. The monoisotopic (exact) mass is 795 g/mol. The number of hydrogen-bond donors (Lipinski definition) is 1. The van der Waals surface area contributed by atoms with E-state index < -0.39 is 21.2 Å². The Morgan fingerprint density at radius 1 is 1.04 bits per heavy atom. The lowest BCUT2D eigenvalue weighted by molar-refractivity contribution is 0.0873. The number of fused-ring (bicyclic) bond motifs is 5. The number of benzene rings is 2. The van der Waals surface area contributed by atoms with E-state index in [-0.39, 0.29) is 5.56 Å². The van der Waals surface area contributed by atoms with Crippen LogP contribution in [0.25, 0.3) is 39.6 Å². The van der Waals surface area contributed by atoms with Gasteiger partial charge in [-0.1, -0.05) is 32.3 Å². The summed E-state index contributed by atoms with van der Waals surface area (Å²) in [6.45, 7) is 9.72. The molecule has 1 N–H and O–H groups in total. The van der Waals surface area contributed by atoms with E-state index in [4.69, 9.17) is 9.47 Å². The van der Waals surface area contributed by atoms with Crippen LogP contribution in [0.2, 0.25) is 0 Å². The van der Waals surface area contributed by atoms with Crippen LogP contribution in [0, 0.1) is 0 Å². The van der Waals surface area contributed by atoms with Crippen molar-refractivity contribution < 1.29 is 27.5 Å². The SMILES string of the molecule is CCN(C)C[C@@H](C)OC.COc1ccc2c(c1)C=C(c1c(C=O)cnn1-c1cnccn1)Cn1c-2c(C2CCCCC2)c2ccc(C(=O)NS(=O)(=O)C(C)C)cc21. The second kappa shape index (κ2) is 18.0. The van der Waals surface area contributed by atoms with Crippen LogP contribution in [0.15, 0.2) is 61.2 Å². The van der Waals surface area contributed by atoms with E-state index in [1.807, 2.05) is 18.2 Å². The van der Waals surface area contributed by atoms with Crippen molar-refractivity contribution in [2.24, 2.45) is 0 Å². The van der Waals surface area contributed by atoms with Crippen molar-refractivity contribution in [2.75, 3.05) is 34.4 Å². The van der Waals surface area contributed by atoms with Crippen LogP contribution in [0.1, 0.15) is 103 Å². The van der Waals surface area contributed by atoms with Gasteiger partial charge in [0.2, 0.25) is 10.0 Å². The minimum atomic E-state index is -3.84. The number of hydrogen-bond acceptors (Lipinski definition) is 10. The first kappa shape index (κ1) is 41.5. The predicted octanol–water partition coefficient (Wildman–Crippen LogP) is 7.15. The number of rotatable bonds is 12. The third kappa shape index (κ3) is 8.88. The molecule has 5 aromatic rings. The van der Waals surface area contributed by atoms with Crippen LogP contribution in [-0.2, 0) is 21.3 Å². The molecule has 3 aromatic heterocycles. The van der Waals surface area contributed by atoms with Gasteiger partial charge >= 0.3 is 0 Å². The van der Waals surface area contributed by atoms with Gasteiger partial charge in [0.25, 0.3) is 5.91 Å². The van der Waals surface area contributed by atoms with Crippen molar-refractivity contribution in [3.8, 4) is 22.8 Å². The van der Waals surface area contributed by atoms with Crippen LogP contribution in [-0.4, -0.2) is 95.5 Å². The molecule has 1 atom stereocenters. The highest BCUT2D eigenvalue weighted by Crippen LogP contribution is 2.48. The zero-order valence-corrected chi connectivity index (χ0v) is 34.7. The smallest absolute Gasteiger partial charge is 0.264 e. The lowest BCUT2D eigenvalue weighted by Gasteiger charge is -2.24. The van der Waals surface area contributed by atoms with E-state index >= 15 is 0 Å². The number of nitrogens with one attached hydrogen (secondary N) is 1. The standard InChI is InChI=1S/C36H36N6O5S.C7H17NO/c1-22(2)48(45,46)40-36(44)24-9-11-30-31(17-24)41-20-26(34-27(21-43)18-39-42(34)32-19-37-13-14-38-32)15-25-16-28(47-3)10-12-29(25)35(41)33(30)23-7-5-4-6-8-23;1-5-8(3)6-7(2)9-4/h9-19,21-23H,4-8,20H2,1-3H3,(H,40,44);7H,5-6H2,1-4H3/t;7-/m.1/s1. The Morgan fingerprint density at radius 3 is 2.46 bits per heavy atom. The second-order valence-electron chi connectivity index (χ2n) is 15.0. The lowest BCUT2D eigenvalue weighted by Crippen LogP contribution is -2.35. The normalized spacial score (nSPS) is 14.9. The molecule has 302 valence electrons. The average Bonchev–Trinajstić information content (AvgIpc) is 3.75. The number of ether oxygens (including phenoxy) is 2. The number of aromatic nitrogens is 5. The molecule has 0 unspecified atom stereocenters. The third-order valence-electron chi connectivity index (χ3n) is 10.9. The van der Waals surface area contributed by atoms with Gasteiger partial charge in [0.05, 0.1) is 54.4 Å². The van der Waals surface area contributed by atoms with Crippen molar-refractivity contribution in [1.29, 1.82) is 0 Å². The van der Waals surface area contributed by atoms with Gasteiger partial charge < -0.3 is 18.9 Å². The molecule has 7 rings (SSSR count). The Kier molecular flexibility index (Phi) is 13.1. The highest BCUT2D eigenvalue weighted by atomic mass is 32.2. The summed E-state index contributed by atoms with van der Waals surface area (Å²) in [6, 6.07) is 11.4. The fourth-order valence-corrected chi connectivity index (χ4v) is 8.23. The van der Waals surface area contributed by atoms with Crippen molar-refractivity contribution >= 4 is 44.8 Å². The maximum Gasteiger partial charge on any atom is 0.264 e. The first-order valence-electron chi connectivity index (χ1n) is 19.5. The first-order chi connectivity index (χ1) is 27.4. The molecule has 0 spiro atoms. The minimum absolute atomic E-state index is 0.241. The summed E-state index contributed by atoms with van der Waals surface area (Å²) in [5.74, 6) is 0.767. The molecular weight excluding hydrogens is 743 g/mol. The molecule has 1 aliphatic heterocycles. The zero-order valence-electron chi connectivity index (χ0n) is 33.9. The summed E-state index contributed by atoms with van der Waals surface area (Å²) in [4.78, 5) is 36.7. The lowest BCUT2D eigenvalue weighted by atomic mass is 9.81. The maximum absolute atomic E-state index is 13.4. The van der Waals surface area contributed by atoms with Gasteiger partial charge in [0.15, 0.2) is 12.1 Å². The largest absolute Gasteiger partial charge is 0.497 e. The van der Waals surface area contributed by atoms with Gasteiger partial charge in [-0.2, -0.15) is 5.10 Å². The zero-order chi connectivity index (χ0) is 40.9. The number of methoxy groups -OCH3 is 2. The van der Waals surface area contributed by atoms with Crippen molar-refractivity contribution in [2.45, 2.75) is 83.6 Å². The summed E-state index contributed by atoms with van der Waals surface area (Å²) in [6.07, 6.45) is 15.0. The molecule has 4 heterocycles. The molecule has 57 heavy (non-hydrogen) atoms. The maximum atomic E-state index is 13.4. The number of amides is 1. The molecule has 0 radical (unpaired) electrons. The number of likely N-dealkylation sites (N-methyl/N-ethyl adjacent to an activating group) is 1. The number of carbonyl (C=O) groups excluding carboxylic acids is 2. The van der Waals surface area contributed by atoms with E-state index in [0.717, 1.165) is 78.4 Å². The summed E-state index contributed by atoms with van der Waals surface area (Å²) in [5, 5.41) is 4.78. The average molecular weight is 796 g/mol. The highest BCUT2D eigenvalue weighted by Gasteiger charge is 2.31. The molecule has 14 heteroatoms. The first-order valence-corrected chi connectivity index (χ1v) is 21.1. The Labute approximate surface area is 335 Å². The summed E-state index contributed by atoms with van der Waals surface area (Å²) >= 11 is 0.